The number of aryl methyl sites for hydroxylation is 1. The topological polar surface area (TPSA) is 138 Å². The van der Waals surface area contributed by atoms with Gasteiger partial charge in [-0.1, -0.05) is 38.1 Å². The zero-order chi connectivity index (χ0) is 31.6. The molecular formula is C33H46N2O8. The molecule has 10 heteroatoms. The minimum Gasteiger partial charge on any atom is -0.493 e. The number of ether oxygens (including phenoxy) is 3. The summed E-state index contributed by atoms with van der Waals surface area (Å²) >= 11 is 0. The maximum atomic E-state index is 12.6. The fourth-order valence-corrected chi connectivity index (χ4v) is 5.60. The predicted molar refractivity (Wildman–Crippen MR) is 161 cm³/mol. The van der Waals surface area contributed by atoms with E-state index >= 15 is 0 Å². The number of carbonyl (C=O) groups is 2. The highest BCUT2D eigenvalue weighted by molar-refractivity contribution is 5.89. The molecule has 1 amide bonds. The van der Waals surface area contributed by atoms with Gasteiger partial charge in [0.25, 0.3) is 0 Å². The molecule has 10 nitrogen and oxygen atoms in total. The third-order valence-corrected chi connectivity index (χ3v) is 8.44. The number of aliphatic hydroxyl groups excluding tert-OH is 3. The molecule has 0 spiro atoms. The summed E-state index contributed by atoms with van der Waals surface area (Å²) in [6, 6.07) is 13.3. The quantitative estimate of drug-likeness (QED) is 0.273. The summed E-state index contributed by atoms with van der Waals surface area (Å²) in [5.74, 6) is -1.07. The van der Waals surface area contributed by atoms with Crippen molar-refractivity contribution in [3.63, 3.8) is 0 Å². The van der Waals surface area contributed by atoms with E-state index in [1.807, 2.05) is 68.4 Å². The Morgan fingerprint density at radius 3 is 2.47 bits per heavy atom. The Bertz CT molecular complexity index is 1300. The van der Waals surface area contributed by atoms with Crippen LogP contribution in [0, 0.1) is 12.3 Å². The Morgan fingerprint density at radius 1 is 1.09 bits per heavy atom. The summed E-state index contributed by atoms with van der Waals surface area (Å²) < 4.78 is 17.8. The van der Waals surface area contributed by atoms with Crippen LogP contribution in [0.15, 0.2) is 42.5 Å². The number of fused-ring (bicyclic) bond motifs is 2. The molecule has 0 aromatic heterocycles. The lowest BCUT2D eigenvalue weighted by Gasteiger charge is -2.45. The first-order valence-corrected chi connectivity index (χ1v) is 14.8. The van der Waals surface area contributed by atoms with Crippen LogP contribution in [-0.4, -0.2) is 96.2 Å². The number of rotatable bonds is 13. The number of Topliss-reactive ketones (excluding diaryl/α,β-unsaturated/α-hetero) is 1. The molecule has 0 aliphatic carbocycles. The third-order valence-electron chi connectivity index (χ3n) is 8.44. The number of nitrogens with one attached hydrogen (secondary N) is 1. The molecule has 2 saturated heterocycles. The van der Waals surface area contributed by atoms with Crippen LogP contribution in [0.5, 0.6) is 5.75 Å². The Kier molecular flexibility index (Phi) is 10.0. The summed E-state index contributed by atoms with van der Waals surface area (Å²) in [6.45, 7) is 8.76. The first-order chi connectivity index (χ1) is 20.2. The Balaban J connectivity index is 1.32. The van der Waals surface area contributed by atoms with Crippen LogP contribution in [0.1, 0.15) is 55.9 Å². The van der Waals surface area contributed by atoms with Gasteiger partial charge in [0.05, 0.1) is 18.6 Å². The van der Waals surface area contributed by atoms with Gasteiger partial charge < -0.3 is 39.7 Å². The molecule has 2 aromatic rings. The molecule has 2 bridgehead atoms. The highest BCUT2D eigenvalue weighted by Gasteiger charge is 2.65. The van der Waals surface area contributed by atoms with Gasteiger partial charge in [0.1, 0.15) is 35.4 Å². The van der Waals surface area contributed by atoms with Crippen molar-refractivity contribution in [2.45, 2.75) is 76.7 Å². The van der Waals surface area contributed by atoms with Gasteiger partial charge in [-0.15, -0.1) is 0 Å². The molecule has 2 heterocycles. The summed E-state index contributed by atoms with van der Waals surface area (Å²) in [5.41, 5.74) is 1.73. The number of amides is 1. The molecule has 236 valence electrons. The molecule has 5 atom stereocenters. The van der Waals surface area contributed by atoms with Gasteiger partial charge in [0.15, 0.2) is 0 Å². The second kappa shape index (κ2) is 13.0. The van der Waals surface area contributed by atoms with Crippen LogP contribution in [-0.2, 0) is 31.3 Å². The van der Waals surface area contributed by atoms with E-state index in [0.29, 0.717) is 24.3 Å². The van der Waals surface area contributed by atoms with E-state index in [1.54, 1.807) is 20.8 Å². The largest absolute Gasteiger partial charge is 0.493 e. The maximum Gasteiger partial charge on any atom is 0.226 e. The minimum atomic E-state index is -1.56. The fourth-order valence-electron chi connectivity index (χ4n) is 5.60. The summed E-state index contributed by atoms with van der Waals surface area (Å²) in [5, 5.41) is 34.6. The molecule has 2 aliphatic rings. The predicted octanol–water partition coefficient (Wildman–Crippen LogP) is 2.07. The molecule has 0 saturated carbocycles. The van der Waals surface area contributed by atoms with Gasteiger partial charge in [-0.2, -0.15) is 0 Å². The molecule has 2 aliphatic heterocycles. The third kappa shape index (κ3) is 7.28. The SMILES string of the molecule is Cc1ccc([C@]23OC[C@](C)(O2)[C@@H](O)[C@H](O)[C@H]3O)cc1Cc1ccc(OCCC(=O)CC(C)(C)C(=O)NCCN(C)C)cc1. The van der Waals surface area contributed by atoms with Gasteiger partial charge in [0, 0.05) is 31.5 Å². The summed E-state index contributed by atoms with van der Waals surface area (Å²) in [6.07, 6.45) is -3.16. The number of ketones is 1. The van der Waals surface area contributed by atoms with Crippen LogP contribution < -0.4 is 10.1 Å². The average molecular weight is 599 g/mol. The molecule has 4 rings (SSSR count). The summed E-state index contributed by atoms with van der Waals surface area (Å²) in [4.78, 5) is 27.0. The van der Waals surface area contributed by atoms with Gasteiger partial charge in [0.2, 0.25) is 11.7 Å². The fraction of sp³-hybridized carbons (Fsp3) is 0.576. The van der Waals surface area contributed by atoms with E-state index in [9.17, 15) is 24.9 Å². The van der Waals surface area contributed by atoms with Crippen molar-refractivity contribution in [2.75, 3.05) is 40.4 Å². The number of nitrogens with zero attached hydrogens (tertiary/aromatic N) is 1. The van der Waals surface area contributed by atoms with E-state index in [4.69, 9.17) is 14.2 Å². The number of hydrogen-bond donors (Lipinski definition) is 4. The van der Waals surface area contributed by atoms with E-state index in [0.717, 1.165) is 23.2 Å². The van der Waals surface area contributed by atoms with E-state index in [1.165, 1.54) is 0 Å². The van der Waals surface area contributed by atoms with Crippen LogP contribution in [0.2, 0.25) is 0 Å². The van der Waals surface area contributed by atoms with E-state index in [-0.39, 0.29) is 37.7 Å². The Hall–Kier alpha value is -2.86. The Labute approximate surface area is 253 Å². The lowest BCUT2D eigenvalue weighted by atomic mass is 9.84. The number of hydrogen-bond acceptors (Lipinski definition) is 9. The van der Waals surface area contributed by atoms with Crippen molar-refractivity contribution in [1.29, 1.82) is 0 Å². The molecule has 0 unspecified atom stereocenters. The molecule has 4 N–H and O–H groups in total. The molecule has 2 fully saturated rings. The Morgan fingerprint density at radius 2 is 1.79 bits per heavy atom. The highest BCUT2D eigenvalue weighted by atomic mass is 16.8. The molecular weight excluding hydrogens is 552 g/mol. The van der Waals surface area contributed by atoms with Crippen LogP contribution in [0.3, 0.4) is 0 Å². The standard InChI is InChI=1S/C33H46N2O8/c1-21-7-10-24(33-29(39)27(37)28(38)32(4,43-33)20-42-33)18-23(21)17-22-8-11-26(12-9-22)41-16-13-25(36)19-31(2,3)30(40)34-14-15-35(5)6/h7-12,18,27-29,37-39H,13-17,19-20H2,1-6H3,(H,34,40)/t27-,28-,29+,32-,33-/m0/s1. The van der Waals surface area contributed by atoms with Crippen molar-refractivity contribution >= 4 is 11.7 Å². The van der Waals surface area contributed by atoms with Gasteiger partial charge >= 0.3 is 0 Å². The number of benzene rings is 2. The van der Waals surface area contributed by atoms with Crippen LogP contribution in [0.4, 0.5) is 0 Å². The van der Waals surface area contributed by atoms with Crippen molar-refractivity contribution in [3.8, 4) is 5.75 Å². The lowest BCUT2D eigenvalue weighted by molar-refractivity contribution is -0.322. The number of carbonyl (C=O) groups excluding carboxylic acids is 2. The van der Waals surface area contributed by atoms with Crippen molar-refractivity contribution in [3.05, 3.63) is 64.7 Å². The summed E-state index contributed by atoms with van der Waals surface area (Å²) in [7, 11) is 3.88. The zero-order valence-corrected chi connectivity index (χ0v) is 26.1. The van der Waals surface area contributed by atoms with Crippen molar-refractivity contribution < 1.29 is 39.1 Å². The number of aliphatic hydroxyl groups is 3. The monoisotopic (exact) mass is 598 g/mol. The van der Waals surface area contributed by atoms with Gasteiger partial charge in [-0.05, 0) is 69.3 Å². The van der Waals surface area contributed by atoms with Crippen molar-refractivity contribution in [1.82, 2.24) is 10.2 Å². The highest BCUT2D eigenvalue weighted by Crippen LogP contribution is 2.49. The zero-order valence-electron chi connectivity index (χ0n) is 26.1. The number of likely N-dealkylation sites (N-methyl/N-ethyl adjacent to an activating group) is 1. The van der Waals surface area contributed by atoms with Crippen LogP contribution in [0.25, 0.3) is 0 Å². The molecule has 2 aromatic carbocycles. The molecule has 43 heavy (non-hydrogen) atoms. The normalized spacial score (nSPS) is 26.9. The van der Waals surface area contributed by atoms with Gasteiger partial charge in [-0.3, -0.25) is 9.59 Å². The average Bonchev–Trinajstić information content (AvgIpc) is 3.30. The van der Waals surface area contributed by atoms with E-state index in [2.05, 4.69) is 5.32 Å². The van der Waals surface area contributed by atoms with Crippen LogP contribution >= 0.6 is 0 Å². The second-order valence-electron chi connectivity index (χ2n) is 13.0. The minimum absolute atomic E-state index is 0.0279. The second-order valence-corrected chi connectivity index (χ2v) is 13.0. The molecule has 0 radical (unpaired) electrons. The smallest absolute Gasteiger partial charge is 0.226 e. The maximum absolute atomic E-state index is 12.6. The van der Waals surface area contributed by atoms with Crippen molar-refractivity contribution in [2.24, 2.45) is 5.41 Å². The van der Waals surface area contributed by atoms with E-state index < -0.39 is 35.1 Å². The van der Waals surface area contributed by atoms with Gasteiger partial charge in [-0.25, -0.2) is 0 Å². The first kappa shape index (κ1) is 33.0. The first-order valence-electron chi connectivity index (χ1n) is 14.8. The lowest BCUT2D eigenvalue weighted by Crippen LogP contribution is -2.63.